The van der Waals surface area contributed by atoms with Gasteiger partial charge in [-0.25, -0.2) is 4.39 Å². The van der Waals surface area contributed by atoms with Gasteiger partial charge in [-0.3, -0.25) is 0 Å². The Balaban J connectivity index is 1.84. The monoisotopic (exact) mass is 275 g/mol. The molecule has 1 unspecified atom stereocenters. The Hall–Kier alpha value is -0.890. The van der Waals surface area contributed by atoms with E-state index in [9.17, 15) is 4.39 Å². The van der Waals surface area contributed by atoms with Gasteiger partial charge >= 0.3 is 0 Å². The Kier molecular flexibility index (Phi) is 4.11. The number of hydrogen-bond acceptors (Lipinski definition) is 1. The lowest BCUT2D eigenvalue weighted by atomic mass is 9.59. The summed E-state index contributed by atoms with van der Waals surface area (Å²) >= 11 is 0. The molecule has 110 valence electrons. The number of piperidine rings is 1. The van der Waals surface area contributed by atoms with Crippen molar-refractivity contribution in [3.8, 4) is 0 Å². The maximum absolute atomic E-state index is 13.6. The van der Waals surface area contributed by atoms with Crippen molar-refractivity contribution in [1.82, 2.24) is 5.32 Å². The third-order valence-electron chi connectivity index (χ3n) is 5.82. The summed E-state index contributed by atoms with van der Waals surface area (Å²) in [6, 6.07) is 7.30. The smallest absolute Gasteiger partial charge is 0.123 e. The molecule has 0 aromatic heterocycles. The molecule has 1 aliphatic heterocycles. The van der Waals surface area contributed by atoms with E-state index in [1.54, 1.807) is 12.1 Å². The van der Waals surface area contributed by atoms with E-state index in [2.05, 4.69) is 18.3 Å². The molecule has 20 heavy (non-hydrogen) atoms. The quantitative estimate of drug-likeness (QED) is 0.838. The van der Waals surface area contributed by atoms with Crippen LogP contribution in [0.3, 0.4) is 0 Å². The molecule has 2 aliphatic rings. The maximum atomic E-state index is 13.6. The number of hydrogen-bond donors (Lipinski definition) is 1. The molecular weight excluding hydrogens is 249 g/mol. The zero-order valence-electron chi connectivity index (χ0n) is 12.5. The molecule has 1 nitrogen and oxygen atoms in total. The Morgan fingerprint density at radius 1 is 1.25 bits per heavy atom. The highest BCUT2D eigenvalue weighted by Crippen LogP contribution is 2.52. The van der Waals surface area contributed by atoms with E-state index >= 15 is 0 Å². The van der Waals surface area contributed by atoms with Crippen LogP contribution < -0.4 is 5.32 Å². The molecule has 1 aromatic carbocycles. The first-order valence-electron chi connectivity index (χ1n) is 8.20. The number of nitrogens with one attached hydrogen (secondary N) is 1. The van der Waals surface area contributed by atoms with E-state index in [1.165, 1.54) is 44.1 Å². The van der Waals surface area contributed by atoms with Crippen molar-refractivity contribution in [1.29, 1.82) is 0 Å². The minimum absolute atomic E-state index is 0.0922. The third kappa shape index (κ3) is 2.63. The van der Waals surface area contributed by atoms with Gasteiger partial charge in [-0.2, -0.15) is 0 Å². The highest BCUT2D eigenvalue weighted by Gasteiger charge is 2.43. The topological polar surface area (TPSA) is 12.0 Å². The van der Waals surface area contributed by atoms with Gasteiger partial charge in [-0.05, 0) is 67.7 Å². The molecular formula is C18H26FN. The predicted molar refractivity (Wildman–Crippen MR) is 81.3 cm³/mol. The second-order valence-electron chi connectivity index (χ2n) is 6.78. The van der Waals surface area contributed by atoms with Gasteiger partial charge in [0.15, 0.2) is 0 Å². The van der Waals surface area contributed by atoms with E-state index in [0.717, 1.165) is 19.0 Å². The normalized spacial score (nSPS) is 34.3. The summed E-state index contributed by atoms with van der Waals surface area (Å²) in [5.74, 6) is 1.32. The van der Waals surface area contributed by atoms with Gasteiger partial charge in [0.25, 0.3) is 0 Å². The van der Waals surface area contributed by atoms with Crippen molar-refractivity contribution in [2.45, 2.75) is 51.4 Å². The highest BCUT2D eigenvalue weighted by molar-refractivity contribution is 5.25. The van der Waals surface area contributed by atoms with Crippen molar-refractivity contribution in [3.63, 3.8) is 0 Å². The molecule has 3 rings (SSSR count). The van der Waals surface area contributed by atoms with Crippen LogP contribution in [0.2, 0.25) is 0 Å². The van der Waals surface area contributed by atoms with Crippen LogP contribution in [0.5, 0.6) is 0 Å². The summed E-state index contributed by atoms with van der Waals surface area (Å²) in [5.41, 5.74) is 1.62. The van der Waals surface area contributed by atoms with E-state index in [1.807, 2.05) is 6.07 Å². The molecule has 1 aromatic rings. The Morgan fingerprint density at radius 3 is 2.75 bits per heavy atom. The molecule has 0 amide bonds. The van der Waals surface area contributed by atoms with Gasteiger partial charge < -0.3 is 5.32 Å². The second kappa shape index (κ2) is 5.85. The van der Waals surface area contributed by atoms with Crippen LogP contribution in [0, 0.1) is 17.2 Å². The third-order valence-corrected chi connectivity index (χ3v) is 5.82. The summed E-state index contributed by atoms with van der Waals surface area (Å²) < 4.78 is 13.6. The Morgan fingerprint density at radius 2 is 2.05 bits per heavy atom. The molecule has 1 saturated heterocycles. The largest absolute Gasteiger partial charge is 0.316 e. The molecule has 2 heteroatoms. The summed E-state index contributed by atoms with van der Waals surface area (Å²) in [6.45, 7) is 4.46. The molecule has 1 spiro atoms. The minimum Gasteiger partial charge on any atom is -0.316 e. The van der Waals surface area contributed by atoms with Crippen molar-refractivity contribution in [2.24, 2.45) is 11.3 Å². The molecule has 2 fully saturated rings. The van der Waals surface area contributed by atoms with Crippen molar-refractivity contribution >= 4 is 0 Å². The predicted octanol–water partition coefficient (Wildman–Crippen LogP) is 4.49. The average Bonchev–Trinajstić information content (AvgIpc) is 2.48. The molecule has 1 saturated carbocycles. The van der Waals surface area contributed by atoms with Crippen LogP contribution in [0.4, 0.5) is 4.39 Å². The molecule has 0 radical (unpaired) electrons. The number of benzene rings is 1. The van der Waals surface area contributed by atoms with Gasteiger partial charge in [0.1, 0.15) is 5.82 Å². The fourth-order valence-electron chi connectivity index (χ4n) is 4.43. The molecule has 1 aliphatic carbocycles. The summed E-state index contributed by atoms with van der Waals surface area (Å²) in [4.78, 5) is 0. The summed E-state index contributed by atoms with van der Waals surface area (Å²) in [5, 5.41) is 3.53. The maximum Gasteiger partial charge on any atom is 0.123 e. The fraction of sp³-hybridized carbons (Fsp3) is 0.667. The van der Waals surface area contributed by atoms with E-state index in [0.29, 0.717) is 11.3 Å². The molecule has 1 heterocycles. The standard InChI is InChI=1S/C18H26FN/c1-2-14-6-8-18(9-7-14)10-11-20-13-17(18)15-4-3-5-16(19)12-15/h3-5,12,14,17,20H,2,6-11,13H2,1H3. The molecule has 0 bridgehead atoms. The fourth-order valence-corrected chi connectivity index (χ4v) is 4.43. The van der Waals surface area contributed by atoms with Gasteiger partial charge in [0, 0.05) is 12.5 Å². The first-order valence-corrected chi connectivity index (χ1v) is 8.20. The van der Waals surface area contributed by atoms with Gasteiger partial charge in [0.2, 0.25) is 0 Å². The number of halogens is 1. The van der Waals surface area contributed by atoms with Crippen LogP contribution in [-0.2, 0) is 0 Å². The van der Waals surface area contributed by atoms with E-state index in [-0.39, 0.29) is 5.82 Å². The van der Waals surface area contributed by atoms with Crippen LogP contribution in [0.1, 0.15) is 56.9 Å². The zero-order chi connectivity index (χ0) is 14.0. The van der Waals surface area contributed by atoms with Crippen molar-refractivity contribution < 1.29 is 4.39 Å². The van der Waals surface area contributed by atoms with Crippen LogP contribution in [0.15, 0.2) is 24.3 Å². The lowest BCUT2D eigenvalue weighted by molar-refractivity contribution is 0.0781. The van der Waals surface area contributed by atoms with Crippen LogP contribution in [0.25, 0.3) is 0 Å². The summed E-state index contributed by atoms with van der Waals surface area (Å²) in [6.07, 6.45) is 7.96. The van der Waals surface area contributed by atoms with E-state index < -0.39 is 0 Å². The minimum atomic E-state index is -0.0922. The van der Waals surface area contributed by atoms with E-state index in [4.69, 9.17) is 0 Å². The Bertz CT molecular complexity index is 448. The highest BCUT2D eigenvalue weighted by atomic mass is 19.1. The number of rotatable bonds is 2. The lowest BCUT2D eigenvalue weighted by Gasteiger charge is -2.49. The van der Waals surface area contributed by atoms with Gasteiger partial charge in [0.05, 0.1) is 0 Å². The average molecular weight is 275 g/mol. The first-order chi connectivity index (χ1) is 9.73. The van der Waals surface area contributed by atoms with Crippen LogP contribution >= 0.6 is 0 Å². The first kappa shape index (κ1) is 14.1. The van der Waals surface area contributed by atoms with Crippen molar-refractivity contribution in [2.75, 3.05) is 13.1 Å². The SMILES string of the molecule is CCC1CCC2(CCNCC2c2cccc(F)c2)CC1. The van der Waals surface area contributed by atoms with Gasteiger partial charge in [-0.1, -0.05) is 25.5 Å². The molecule has 1 atom stereocenters. The Labute approximate surface area is 122 Å². The van der Waals surface area contributed by atoms with Crippen LogP contribution in [-0.4, -0.2) is 13.1 Å². The zero-order valence-corrected chi connectivity index (χ0v) is 12.5. The summed E-state index contributed by atoms with van der Waals surface area (Å²) in [7, 11) is 0. The van der Waals surface area contributed by atoms with Crippen molar-refractivity contribution in [3.05, 3.63) is 35.6 Å². The molecule has 1 N–H and O–H groups in total. The van der Waals surface area contributed by atoms with Gasteiger partial charge in [-0.15, -0.1) is 0 Å². The lowest BCUT2D eigenvalue weighted by Crippen LogP contribution is -2.45. The second-order valence-corrected chi connectivity index (χ2v) is 6.78.